The van der Waals surface area contributed by atoms with Crippen LogP contribution in [0.15, 0.2) is 12.1 Å². The molecule has 0 radical (unpaired) electrons. The molecule has 1 aromatic carbocycles. The van der Waals surface area contributed by atoms with Crippen LogP contribution in [-0.4, -0.2) is 18.2 Å². The lowest BCUT2D eigenvalue weighted by atomic mass is 10.0. The van der Waals surface area contributed by atoms with Gasteiger partial charge in [-0.25, -0.2) is 0 Å². The van der Waals surface area contributed by atoms with E-state index in [0.29, 0.717) is 16.3 Å². The highest BCUT2D eigenvalue weighted by molar-refractivity contribution is 6.32. The molecule has 3 N–H and O–H groups in total. The monoisotopic (exact) mass is 229 g/mol. The largest absolute Gasteiger partial charge is 0.495 e. The molecule has 0 saturated carbocycles. The van der Waals surface area contributed by atoms with E-state index in [9.17, 15) is 4.79 Å². The average molecular weight is 230 g/mol. The van der Waals surface area contributed by atoms with Crippen molar-refractivity contribution in [1.29, 1.82) is 0 Å². The summed E-state index contributed by atoms with van der Waals surface area (Å²) < 4.78 is 5.02. The number of rotatable bonds is 3. The Morgan fingerprint density at radius 1 is 1.60 bits per heavy atom. The second kappa shape index (κ2) is 4.51. The lowest BCUT2D eigenvalue weighted by Gasteiger charge is -2.12. The highest BCUT2D eigenvalue weighted by Crippen LogP contribution is 2.30. The molecule has 1 atom stereocenters. The number of hydrogen-bond donors (Lipinski definition) is 2. The fraction of sp³-hybridized carbons (Fsp3) is 0.300. The van der Waals surface area contributed by atoms with Crippen molar-refractivity contribution in [3.8, 4) is 5.75 Å². The highest BCUT2D eigenvalue weighted by atomic mass is 35.5. The number of aryl methyl sites for hydroxylation is 1. The van der Waals surface area contributed by atoms with E-state index in [4.69, 9.17) is 27.2 Å². The topological polar surface area (TPSA) is 72.5 Å². The average Bonchev–Trinajstić information content (AvgIpc) is 2.20. The molecule has 4 nitrogen and oxygen atoms in total. The molecule has 1 rings (SSSR count). The van der Waals surface area contributed by atoms with Crippen molar-refractivity contribution in [3.63, 3.8) is 0 Å². The van der Waals surface area contributed by atoms with Gasteiger partial charge in [-0.1, -0.05) is 17.7 Å². The molecule has 0 amide bonds. The Balaban J connectivity index is 3.22. The molecule has 1 aromatic rings. The van der Waals surface area contributed by atoms with E-state index in [0.717, 1.165) is 5.56 Å². The third kappa shape index (κ3) is 2.40. The quantitative estimate of drug-likeness (QED) is 0.828. The Bertz CT molecular complexity index is 392. The van der Waals surface area contributed by atoms with Gasteiger partial charge in [-0.2, -0.15) is 0 Å². The maximum absolute atomic E-state index is 10.7. The van der Waals surface area contributed by atoms with Crippen LogP contribution >= 0.6 is 11.6 Å². The van der Waals surface area contributed by atoms with Crippen LogP contribution in [0.3, 0.4) is 0 Å². The highest BCUT2D eigenvalue weighted by Gasteiger charge is 2.17. The van der Waals surface area contributed by atoms with Gasteiger partial charge in [0.2, 0.25) is 0 Å². The Morgan fingerprint density at radius 2 is 2.20 bits per heavy atom. The van der Waals surface area contributed by atoms with Crippen LogP contribution in [0.4, 0.5) is 0 Å². The number of methoxy groups -OCH3 is 1. The molecule has 82 valence electrons. The van der Waals surface area contributed by atoms with Crippen LogP contribution in [0, 0.1) is 6.92 Å². The van der Waals surface area contributed by atoms with Gasteiger partial charge in [0, 0.05) is 0 Å². The van der Waals surface area contributed by atoms with Gasteiger partial charge in [0.05, 0.1) is 12.1 Å². The molecule has 0 aliphatic rings. The summed E-state index contributed by atoms with van der Waals surface area (Å²) in [4.78, 5) is 10.7. The lowest BCUT2D eigenvalue weighted by molar-refractivity contribution is -0.138. The Hall–Kier alpha value is -1.26. The fourth-order valence-corrected chi connectivity index (χ4v) is 1.42. The number of halogens is 1. The predicted molar refractivity (Wildman–Crippen MR) is 57.3 cm³/mol. The normalized spacial score (nSPS) is 12.3. The summed E-state index contributed by atoms with van der Waals surface area (Å²) in [5.41, 5.74) is 6.69. The van der Waals surface area contributed by atoms with Gasteiger partial charge >= 0.3 is 5.97 Å². The van der Waals surface area contributed by atoms with E-state index in [-0.39, 0.29) is 0 Å². The Labute approximate surface area is 92.6 Å². The van der Waals surface area contributed by atoms with E-state index < -0.39 is 12.0 Å². The summed E-state index contributed by atoms with van der Waals surface area (Å²) in [5.74, 6) is -0.651. The zero-order valence-electron chi connectivity index (χ0n) is 8.45. The number of carbonyl (C=O) groups is 1. The van der Waals surface area contributed by atoms with Crippen LogP contribution in [-0.2, 0) is 4.79 Å². The van der Waals surface area contributed by atoms with Crippen LogP contribution in [0.5, 0.6) is 5.75 Å². The Kier molecular flexibility index (Phi) is 3.55. The molecule has 0 spiro atoms. The van der Waals surface area contributed by atoms with Crippen LogP contribution in [0.2, 0.25) is 5.02 Å². The van der Waals surface area contributed by atoms with E-state index in [1.165, 1.54) is 13.2 Å². The zero-order chi connectivity index (χ0) is 11.6. The number of carboxylic acids is 1. The van der Waals surface area contributed by atoms with Crippen molar-refractivity contribution in [3.05, 3.63) is 28.3 Å². The van der Waals surface area contributed by atoms with E-state index in [1.54, 1.807) is 13.0 Å². The minimum absolute atomic E-state index is 0.434. The number of carboxylic acid groups (broad SMARTS) is 1. The first-order valence-electron chi connectivity index (χ1n) is 4.29. The number of benzene rings is 1. The van der Waals surface area contributed by atoms with Crippen molar-refractivity contribution in [2.24, 2.45) is 5.73 Å². The molecule has 15 heavy (non-hydrogen) atoms. The summed E-state index contributed by atoms with van der Waals surface area (Å²) in [6.07, 6.45) is 0. The van der Waals surface area contributed by atoms with E-state index in [2.05, 4.69) is 0 Å². The number of ether oxygens (including phenoxy) is 1. The second-order valence-electron chi connectivity index (χ2n) is 3.17. The second-order valence-corrected chi connectivity index (χ2v) is 3.55. The first kappa shape index (κ1) is 11.8. The molecule has 0 heterocycles. The molecule has 1 unspecified atom stereocenters. The minimum atomic E-state index is -1.08. The standard InChI is InChI=1S/C10H12ClNO3/c1-5-3-6(9(12)10(13)14)4-7(15-2)8(5)11/h3-4,9H,12H2,1-2H3,(H,13,14). The van der Waals surface area contributed by atoms with Crippen LogP contribution < -0.4 is 10.5 Å². The molecule has 0 aromatic heterocycles. The van der Waals surface area contributed by atoms with Gasteiger partial charge < -0.3 is 15.6 Å². The molecule has 5 heteroatoms. The van der Waals surface area contributed by atoms with E-state index >= 15 is 0 Å². The third-order valence-corrected chi connectivity index (χ3v) is 2.57. The van der Waals surface area contributed by atoms with Crippen LogP contribution in [0.25, 0.3) is 0 Å². The summed E-state index contributed by atoms with van der Waals surface area (Å²) in [5, 5.41) is 9.23. The maximum atomic E-state index is 10.7. The molecular formula is C10H12ClNO3. The van der Waals surface area contributed by atoms with Gasteiger partial charge in [0.15, 0.2) is 0 Å². The van der Waals surface area contributed by atoms with Crippen molar-refractivity contribution >= 4 is 17.6 Å². The molecular weight excluding hydrogens is 218 g/mol. The summed E-state index contributed by atoms with van der Waals surface area (Å²) >= 11 is 5.94. The smallest absolute Gasteiger partial charge is 0.325 e. The lowest BCUT2D eigenvalue weighted by Crippen LogP contribution is -2.20. The predicted octanol–water partition coefficient (Wildman–Crippen LogP) is 1.74. The first-order chi connectivity index (χ1) is 6.97. The number of aliphatic carboxylic acids is 1. The molecule has 0 fully saturated rings. The van der Waals surface area contributed by atoms with Crippen molar-refractivity contribution in [2.45, 2.75) is 13.0 Å². The Morgan fingerprint density at radius 3 is 2.67 bits per heavy atom. The van der Waals surface area contributed by atoms with Crippen molar-refractivity contribution in [2.75, 3.05) is 7.11 Å². The van der Waals surface area contributed by atoms with E-state index in [1.807, 2.05) is 0 Å². The van der Waals surface area contributed by atoms with Crippen molar-refractivity contribution < 1.29 is 14.6 Å². The summed E-state index contributed by atoms with van der Waals surface area (Å²) in [7, 11) is 1.47. The number of hydrogen-bond acceptors (Lipinski definition) is 3. The van der Waals surface area contributed by atoms with Crippen LogP contribution in [0.1, 0.15) is 17.2 Å². The summed E-state index contributed by atoms with van der Waals surface area (Å²) in [6.45, 7) is 1.77. The minimum Gasteiger partial charge on any atom is -0.495 e. The van der Waals surface area contributed by atoms with Gasteiger partial charge in [-0.05, 0) is 24.1 Å². The fourth-order valence-electron chi connectivity index (χ4n) is 1.23. The zero-order valence-corrected chi connectivity index (χ0v) is 9.21. The van der Waals surface area contributed by atoms with Gasteiger partial charge in [-0.3, -0.25) is 4.79 Å². The van der Waals surface area contributed by atoms with Crippen molar-refractivity contribution in [1.82, 2.24) is 0 Å². The first-order valence-corrected chi connectivity index (χ1v) is 4.67. The SMILES string of the molecule is COc1cc(C(N)C(=O)O)cc(C)c1Cl. The third-order valence-electron chi connectivity index (χ3n) is 2.09. The van der Waals surface area contributed by atoms with Gasteiger partial charge in [0.1, 0.15) is 11.8 Å². The molecule has 0 aliphatic carbocycles. The van der Waals surface area contributed by atoms with Gasteiger partial charge in [0.25, 0.3) is 0 Å². The molecule has 0 aliphatic heterocycles. The molecule has 0 saturated heterocycles. The summed E-state index contributed by atoms with van der Waals surface area (Å²) in [6, 6.07) is 2.12. The van der Waals surface area contributed by atoms with Gasteiger partial charge in [-0.15, -0.1) is 0 Å². The maximum Gasteiger partial charge on any atom is 0.325 e. The molecule has 0 bridgehead atoms. The number of nitrogens with two attached hydrogens (primary N) is 1.